The molecule has 0 amide bonds. The van der Waals surface area contributed by atoms with Crippen molar-refractivity contribution in [2.45, 2.75) is 5.41 Å². The Morgan fingerprint density at radius 2 is 0.869 bits per heavy atom. The molecule has 1 aromatic heterocycles. The van der Waals surface area contributed by atoms with Crippen molar-refractivity contribution in [3.63, 3.8) is 0 Å². The molecule has 11 aromatic rings. The number of hydrogen-bond acceptors (Lipinski definition) is 2. The summed E-state index contributed by atoms with van der Waals surface area (Å²) in [5.74, 6) is 0. The lowest BCUT2D eigenvalue weighted by Crippen LogP contribution is -2.26. The summed E-state index contributed by atoms with van der Waals surface area (Å²) >= 11 is 0. The first-order valence-corrected chi connectivity index (χ1v) is 21.1. The van der Waals surface area contributed by atoms with E-state index in [2.05, 4.69) is 223 Å². The van der Waals surface area contributed by atoms with E-state index in [1.54, 1.807) is 0 Å². The molecular formula is C59H37NO. The van der Waals surface area contributed by atoms with Crippen molar-refractivity contribution >= 4 is 49.8 Å². The second-order valence-corrected chi connectivity index (χ2v) is 16.3. The van der Waals surface area contributed by atoms with Crippen molar-refractivity contribution in [1.82, 2.24) is 0 Å². The van der Waals surface area contributed by atoms with Crippen molar-refractivity contribution in [3.05, 3.63) is 247 Å². The molecule has 1 spiro atoms. The van der Waals surface area contributed by atoms with Gasteiger partial charge in [-0.3, -0.25) is 0 Å². The fourth-order valence-electron chi connectivity index (χ4n) is 10.8. The molecule has 0 aliphatic heterocycles. The van der Waals surface area contributed by atoms with Crippen molar-refractivity contribution in [2.75, 3.05) is 4.90 Å². The maximum Gasteiger partial charge on any atom is 0.136 e. The first-order chi connectivity index (χ1) is 30.3. The highest BCUT2D eigenvalue weighted by Crippen LogP contribution is 2.64. The van der Waals surface area contributed by atoms with Crippen LogP contribution >= 0.6 is 0 Å². The van der Waals surface area contributed by atoms with E-state index < -0.39 is 5.41 Å². The largest absolute Gasteiger partial charge is 0.456 e. The summed E-state index contributed by atoms with van der Waals surface area (Å²) in [6, 6.07) is 82.2. The van der Waals surface area contributed by atoms with E-state index in [1.165, 1.54) is 72.0 Å². The van der Waals surface area contributed by atoms with Crippen LogP contribution in [0.3, 0.4) is 0 Å². The van der Waals surface area contributed by atoms with Crippen molar-refractivity contribution < 1.29 is 4.42 Å². The molecule has 0 saturated heterocycles. The van der Waals surface area contributed by atoms with Crippen LogP contribution in [0, 0.1) is 0 Å². The zero-order valence-electron chi connectivity index (χ0n) is 33.2. The van der Waals surface area contributed by atoms with E-state index in [-0.39, 0.29) is 0 Å². The van der Waals surface area contributed by atoms with Gasteiger partial charge in [-0.1, -0.05) is 182 Å². The number of para-hydroxylation sites is 1. The molecule has 13 rings (SSSR count). The number of benzene rings is 10. The molecular weight excluding hydrogens is 739 g/mol. The molecule has 0 radical (unpaired) electrons. The van der Waals surface area contributed by atoms with Crippen LogP contribution in [0.1, 0.15) is 22.3 Å². The molecule has 2 nitrogen and oxygen atoms in total. The summed E-state index contributed by atoms with van der Waals surface area (Å²) in [7, 11) is 0. The van der Waals surface area contributed by atoms with E-state index in [4.69, 9.17) is 4.42 Å². The third-order valence-electron chi connectivity index (χ3n) is 13.3. The van der Waals surface area contributed by atoms with Crippen molar-refractivity contribution in [1.29, 1.82) is 0 Å². The van der Waals surface area contributed by atoms with Crippen LogP contribution in [0.4, 0.5) is 17.1 Å². The summed E-state index contributed by atoms with van der Waals surface area (Å²) < 4.78 is 6.37. The van der Waals surface area contributed by atoms with Gasteiger partial charge in [0.15, 0.2) is 0 Å². The first kappa shape index (κ1) is 34.0. The Bertz CT molecular complexity index is 3480. The van der Waals surface area contributed by atoms with Gasteiger partial charge in [0.05, 0.1) is 11.1 Å². The van der Waals surface area contributed by atoms with Gasteiger partial charge in [0, 0.05) is 33.1 Å². The lowest BCUT2D eigenvalue weighted by atomic mass is 9.70. The second kappa shape index (κ2) is 13.0. The zero-order chi connectivity index (χ0) is 40.1. The van der Waals surface area contributed by atoms with E-state index in [9.17, 15) is 0 Å². The van der Waals surface area contributed by atoms with Crippen LogP contribution in [0.5, 0.6) is 0 Å². The molecule has 2 aliphatic carbocycles. The summed E-state index contributed by atoms with van der Waals surface area (Å²) in [6.07, 6.45) is 0. The van der Waals surface area contributed by atoms with Crippen LogP contribution < -0.4 is 4.90 Å². The smallest absolute Gasteiger partial charge is 0.136 e. The molecule has 0 atom stereocenters. The fourth-order valence-corrected chi connectivity index (χ4v) is 10.8. The minimum Gasteiger partial charge on any atom is -0.456 e. The van der Waals surface area contributed by atoms with Gasteiger partial charge in [-0.05, 0) is 109 Å². The first-order valence-electron chi connectivity index (χ1n) is 21.1. The number of rotatable bonds is 5. The lowest BCUT2D eigenvalue weighted by Gasteiger charge is -2.32. The Labute approximate surface area is 354 Å². The van der Waals surface area contributed by atoms with Crippen LogP contribution in [0.15, 0.2) is 229 Å². The van der Waals surface area contributed by atoms with E-state index in [0.29, 0.717) is 0 Å². The molecule has 2 aliphatic rings. The van der Waals surface area contributed by atoms with Gasteiger partial charge in [-0.25, -0.2) is 0 Å². The number of hydrogen-bond donors (Lipinski definition) is 0. The quantitative estimate of drug-likeness (QED) is 0.173. The lowest BCUT2D eigenvalue weighted by molar-refractivity contribution is 0.669. The van der Waals surface area contributed by atoms with Gasteiger partial charge in [-0.2, -0.15) is 0 Å². The highest BCUT2D eigenvalue weighted by Gasteiger charge is 2.52. The summed E-state index contributed by atoms with van der Waals surface area (Å²) in [5, 5.41) is 4.71. The minimum absolute atomic E-state index is 0.432. The fraction of sp³-hybridized carbons (Fsp3) is 0.0169. The third kappa shape index (κ3) is 4.79. The highest BCUT2D eigenvalue weighted by atomic mass is 16.3. The number of furan rings is 1. The minimum atomic E-state index is -0.432. The Morgan fingerprint density at radius 1 is 0.328 bits per heavy atom. The maximum absolute atomic E-state index is 6.37. The number of fused-ring (bicyclic) bond motifs is 15. The van der Waals surface area contributed by atoms with E-state index in [1.807, 2.05) is 6.07 Å². The van der Waals surface area contributed by atoms with E-state index >= 15 is 0 Å². The number of anilines is 3. The Morgan fingerprint density at radius 3 is 1.59 bits per heavy atom. The van der Waals surface area contributed by atoms with Gasteiger partial charge in [0.25, 0.3) is 0 Å². The molecule has 284 valence electrons. The van der Waals surface area contributed by atoms with Gasteiger partial charge >= 0.3 is 0 Å². The Balaban J connectivity index is 1.03. The molecule has 10 aromatic carbocycles. The molecule has 2 heteroatoms. The van der Waals surface area contributed by atoms with Gasteiger partial charge in [0.2, 0.25) is 0 Å². The zero-order valence-corrected chi connectivity index (χ0v) is 33.2. The standard InChI is InChI=1S/C59H37NO/c1-2-14-38(15-3-1)39-28-33-42(34-29-39)60(43-35-30-40(31-36-43)44-21-12-16-41-32-37-55-58(56(41)44)48-20-7-11-27-54(48)61-55)53-26-13-25-52-57(53)47-19-6-10-24-51(47)59(52)49-22-8-4-17-45(49)46-18-5-9-23-50(46)59/h1-37H. The van der Waals surface area contributed by atoms with Gasteiger partial charge in [-0.15, -0.1) is 0 Å². The average molecular weight is 776 g/mol. The molecule has 0 fully saturated rings. The molecule has 1 heterocycles. The maximum atomic E-state index is 6.37. The molecule has 0 bridgehead atoms. The van der Waals surface area contributed by atoms with Gasteiger partial charge < -0.3 is 9.32 Å². The average Bonchev–Trinajstić information content (AvgIpc) is 3.97. The summed E-state index contributed by atoms with van der Waals surface area (Å²) in [4.78, 5) is 2.46. The molecule has 61 heavy (non-hydrogen) atoms. The summed E-state index contributed by atoms with van der Waals surface area (Å²) in [5.41, 5.74) is 20.0. The second-order valence-electron chi connectivity index (χ2n) is 16.3. The van der Waals surface area contributed by atoms with Gasteiger partial charge in [0.1, 0.15) is 11.2 Å². The van der Waals surface area contributed by atoms with Crippen LogP contribution in [-0.4, -0.2) is 0 Å². The third-order valence-corrected chi connectivity index (χ3v) is 13.3. The monoisotopic (exact) mass is 775 g/mol. The summed E-state index contributed by atoms with van der Waals surface area (Å²) in [6.45, 7) is 0. The van der Waals surface area contributed by atoms with Crippen LogP contribution in [0.2, 0.25) is 0 Å². The highest BCUT2D eigenvalue weighted by molar-refractivity contribution is 6.22. The topological polar surface area (TPSA) is 16.4 Å². The van der Waals surface area contributed by atoms with Crippen molar-refractivity contribution in [2.24, 2.45) is 0 Å². The normalized spacial score (nSPS) is 13.0. The van der Waals surface area contributed by atoms with E-state index in [0.717, 1.165) is 44.6 Å². The van der Waals surface area contributed by atoms with Crippen LogP contribution in [0.25, 0.3) is 77.2 Å². The Hall–Kier alpha value is -7.94. The predicted molar refractivity (Wildman–Crippen MR) is 253 cm³/mol. The molecule has 0 saturated carbocycles. The SMILES string of the molecule is c1ccc(-c2ccc(N(c3ccc(-c4cccc5ccc6oc7ccccc7c6c45)cc3)c3cccc4c3-c3ccccc3C43c4ccccc4-c4ccccc43)cc2)cc1. The van der Waals surface area contributed by atoms with Crippen molar-refractivity contribution in [3.8, 4) is 44.5 Å². The number of nitrogens with zero attached hydrogens (tertiary/aromatic N) is 1. The van der Waals surface area contributed by atoms with Crippen LogP contribution in [-0.2, 0) is 5.41 Å². The molecule has 0 unspecified atom stereocenters. The predicted octanol–water partition coefficient (Wildman–Crippen LogP) is 15.9. The Kier molecular flexibility index (Phi) is 7.26. The molecule has 0 N–H and O–H groups in total.